The summed E-state index contributed by atoms with van der Waals surface area (Å²) in [6.45, 7) is 3.26. The lowest BCUT2D eigenvalue weighted by molar-refractivity contribution is -0.143. The van der Waals surface area contributed by atoms with Crippen molar-refractivity contribution in [1.82, 2.24) is 4.90 Å². The maximum absolute atomic E-state index is 13.6. The van der Waals surface area contributed by atoms with Crippen LogP contribution in [0.2, 0.25) is 0 Å². The normalized spacial score (nSPS) is 16.8. The molecule has 0 radical (unpaired) electrons. The van der Waals surface area contributed by atoms with Crippen molar-refractivity contribution < 1.29 is 59.6 Å². The zero-order chi connectivity index (χ0) is 32.8. The van der Waals surface area contributed by atoms with Crippen LogP contribution in [-0.4, -0.2) is 64.3 Å². The Morgan fingerprint density at radius 2 is 1.59 bits per heavy atom. The predicted molar refractivity (Wildman–Crippen MR) is 145 cm³/mol. The number of carbonyl (C=O) groups excluding carboxylic acids is 2. The molecule has 9 nitrogen and oxygen atoms in total. The number of nitrogens with zero attached hydrogens (tertiary/aromatic N) is 2. The summed E-state index contributed by atoms with van der Waals surface area (Å²) in [6, 6.07) is 2.73. The minimum absolute atomic E-state index is 0.0172. The molecule has 0 bridgehead atoms. The van der Waals surface area contributed by atoms with E-state index in [-0.39, 0.29) is 38.0 Å². The molecule has 0 aromatic heterocycles. The Kier molecular flexibility index (Phi) is 11.4. The summed E-state index contributed by atoms with van der Waals surface area (Å²) in [4.78, 5) is 28.6. The van der Waals surface area contributed by atoms with Gasteiger partial charge in [0.1, 0.15) is 5.75 Å². The largest absolute Gasteiger partial charge is 0.496 e. The highest BCUT2D eigenvalue weighted by molar-refractivity contribution is 5.91. The van der Waals surface area contributed by atoms with Crippen LogP contribution in [0, 0.1) is 0 Å². The fourth-order valence-corrected chi connectivity index (χ4v) is 5.02. The predicted octanol–water partition coefficient (Wildman–Crippen LogP) is 6.96. The monoisotopic (exact) mass is 636 g/mol. The fourth-order valence-electron chi connectivity index (χ4n) is 5.02. The lowest BCUT2D eigenvalue weighted by Crippen LogP contribution is -2.47. The number of amides is 2. The molecule has 0 N–H and O–H groups in total. The van der Waals surface area contributed by atoms with Gasteiger partial charge in [0, 0.05) is 31.3 Å². The van der Waals surface area contributed by atoms with Gasteiger partial charge in [-0.15, -0.1) is 0 Å². The van der Waals surface area contributed by atoms with Gasteiger partial charge in [-0.3, -0.25) is 9.80 Å². The summed E-state index contributed by atoms with van der Waals surface area (Å²) in [5.41, 5.74) is -2.31. The highest BCUT2D eigenvalue weighted by atomic mass is 19.4. The van der Waals surface area contributed by atoms with Crippen molar-refractivity contribution in [3.63, 3.8) is 0 Å². The number of alkyl halides is 6. The first kappa shape index (κ1) is 34.8. The van der Waals surface area contributed by atoms with Gasteiger partial charge in [-0.25, -0.2) is 9.59 Å². The smallest absolute Gasteiger partial charge is 0.416 e. The van der Waals surface area contributed by atoms with E-state index in [1.54, 1.807) is 26.0 Å². The zero-order valence-corrected chi connectivity index (χ0v) is 24.8. The molecule has 2 aromatic rings. The first-order valence-electron chi connectivity index (χ1n) is 13.5. The first-order valence-corrected chi connectivity index (χ1v) is 13.5. The Morgan fingerprint density at radius 3 is 2.11 bits per heavy atom. The summed E-state index contributed by atoms with van der Waals surface area (Å²) in [5, 5.41) is 0. The molecule has 2 aromatic carbocycles. The van der Waals surface area contributed by atoms with Crippen LogP contribution in [0.25, 0.3) is 0 Å². The van der Waals surface area contributed by atoms with Crippen molar-refractivity contribution in [3.8, 4) is 5.75 Å². The van der Waals surface area contributed by atoms with E-state index in [2.05, 4.69) is 0 Å². The summed E-state index contributed by atoms with van der Waals surface area (Å²) in [5.74, 6) is 0.334. The molecule has 15 heteroatoms. The van der Waals surface area contributed by atoms with Crippen LogP contribution >= 0.6 is 0 Å². The second-order valence-corrected chi connectivity index (χ2v) is 9.95. The second kappa shape index (κ2) is 14.4. The molecular weight excluding hydrogens is 602 g/mol. The number of hydrogen-bond acceptors (Lipinski definition) is 7. The minimum atomic E-state index is -5.08. The minimum Gasteiger partial charge on any atom is -0.496 e. The van der Waals surface area contributed by atoms with Gasteiger partial charge in [-0.05, 0) is 55.7 Å². The number of methoxy groups -OCH3 is 3. The van der Waals surface area contributed by atoms with Crippen molar-refractivity contribution >= 4 is 17.9 Å². The summed E-state index contributed by atoms with van der Waals surface area (Å²) in [6.07, 6.45) is -11.8. The molecule has 2 atom stereocenters. The van der Waals surface area contributed by atoms with E-state index in [1.165, 1.54) is 19.1 Å². The summed E-state index contributed by atoms with van der Waals surface area (Å²) < 4.78 is 108. The highest BCUT2D eigenvalue weighted by Crippen LogP contribution is 2.45. The van der Waals surface area contributed by atoms with Crippen molar-refractivity contribution in [2.24, 2.45) is 0 Å². The van der Waals surface area contributed by atoms with Gasteiger partial charge in [0.2, 0.25) is 0 Å². The Bertz CT molecular complexity index is 1290. The maximum atomic E-state index is 13.6. The van der Waals surface area contributed by atoms with Gasteiger partial charge in [-0.2, -0.15) is 26.3 Å². The lowest BCUT2D eigenvalue weighted by atomic mass is 9.89. The molecule has 1 aliphatic rings. The van der Waals surface area contributed by atoms with Gasteiger partial charge < -0.3 is 23.7 Å². The van der Waals surface area contributed by atoms with Gasteiger partial charge >= 0.3 is 24.5 Å². The summed E-state index contributed by atoms with van der Waals surface area (Å²) in [7, 11) is 3.96. The average Bonchev–Trinajstić information content (AvgIpc) is 2.96. The van der Waals surface area contributed by atoms with E-state index in [4.69, 9.17) is 23.7 Å². The zero-order valence-electron chi connectivity index (χ0n) is 24.8. The molecule has 3 rings (SSSR count). The molecule has 0 spiro atoms. The standard InChI is InChI=1S/C29H34F6N2O7/c1-6-44-27(39)37-17(2)9-23(22-12-19(16-43-8-7-40-3)25(41-4)14-24(22)37)36(26(38)42-5)15-18-10-20(28(30,31)32)13-21(11-18)29(33,34)35/h10-14,17,23H,6-9,15-16H2,1-5H3/t17-,23+/m1/s1. The number of ether oxygens (including phenoxy) is 5. The number of rotatable bonds is 10. The average molecular weight is 637 g/mol. The third kappa shape index (κ3) is 8.05. The van der Waals surface area contributed by atoms with Crippen LogP contribution in [0.3, 0.4) is 0 Å². The Morgan fingerprint density at radius 1 is 0.955 bits per heavy atom. The quantitative estimate of drug-likeness (QED) is 0.206. The third-order valence-electron chi connectivity index (χ3n) is 6.99. The third-order valence-corrected chi connectivity index (χ3v) is 6.99. The Hall–Kier alpha value is -3.72. The maximum Gasteiger partial charge on any atom is 0.416 e. The molecule has 0 saturated carbocycles. The number of anilines is 1. The van der Waals surface area contributed by atoms with Gasteiger partial charge in [0.25, 0.3) is 0 Å². The van der Waals surface area contributed by atoms with Gasteiger partial charge in [0.15, 0.2) is 0 Å². The van der Waals surface area contributed by atoms with E-state index < -0.39 is 59.9 Å². The van der Waals surface area contributed by atoms with Crippen LogP contribution in [0.5, 0.6) is 5.75 Å². The van der Waals surface area contributed by atoms with E-state index >= 15 is 0 Å². The molecule has 244 valence electrons. The Balaban J connectivity index is 2.19. The highest BCUT2D eigenvalue weighted by Gasteiger charge is 2.41. The molecule has 1 heterocycles. The molecule has 0 saturated heterocycles. The topological polar surface area (TPSA) is 86.8 Å². The Labute approximate surface area is 250 Å². The van der Waals surface area contributed by atoms with Crippen molar-refractivity contribution in [1.29, 1.82) is 0 Å². The van der Waals surface area contributed by atoms with E-state index in [0.29, 0.717) is 35.6 Å². The number of benzene rings is 2. The first-order chi connectivity index (χ1) is 20.7. The van der Waals surface area contributed by atoms with Crippen molar-refractivity contribution in [3.05, 3.63) is 58.1 Å². The van der Waals surface area contributed by atoms with E-state index in [9.17, 15) is 35.9 Å². The number of fused-ring (bicyclic) bond motifs is 1. The van der Waals surface area contributed by atoms with Crippen LogP contribution in [0.4, 0.5) is 41.6 Å². The van der Waals surface area contributed by atoms with E-state index in [0.717, 1.165) is 12.0 Å². The van der Waals surface area contributed by atoms with E-state index in [1.807, 2.05) is 0 Å². The SMILES string of the molecule is CCOC(=O)N1c2cc(OC)c(COCCOC)cc2[C@@H](N(Cc2cc(C(F)(F)F)cc(C(F)(F)F)c2)C(=O)OC)C[C@H]1C. The number of carbonyl (C=O) groups is 2. The molecule has 1 aliphatic heterocycles. The molecule has 0 fully saturated rings. The molecule has 2 amide bonds. The van der Waals surface area contributed by atoms with Gasteiger partial charge in [0.05, 0.1) is 63.5 Å². The van der Waals surface area contributed by atoms with Crippen LogP contribution in [0.15, 0.2) is 30.3 Å². The molecule has 44 heavy (non-hydrogen) atoms. The van der Waals surface area contributed by atoms with Crippen molar-refractivity contribution in [2.45, 2.75) is 57.9 Å². The molecule has 0 aliphatic carbocycles. The lowest BCUT2D eigenvalue weighted by Gasteiger charge is -2.43. The number of hydrogen-bond donors (Lipinski definition) is 0. The fraction of sp³-hybridized carbons (Fsp3) is 0.517. The van der Waals surface area contributed by atoms with Crippen LogP contribution in [-0.2, 0) is 44.5 Å². The second-order valence-electron chi connectivity index (χ2n) is 9.95. The summed E-state index contributed by atoms with van der Waals surface area (Å²) >= 11 is 0. The number of halogens is 6. The van der Waals surface area contributed by atoms with Crippen LogP contribution < -0.4 is 9.64 Å². The van der Waals surface area contributed by atoms with Gasteiger partial charge in [-0.1, -0.05) is 0 Å². The molecule has 0 unspecified atom stereocenters. The molecular formula is C29H34F6N2O7. The van der Waals surface area contributed by atoms with Crippen molar-refractivity contribution in [2.75, 3.05) is 46.0 Å². The van der Waals surface area contributed by atoms with Crippen LogP contribution in [0.1, 0.15) is 54.1 Å².